The normalized spacial score (nSPS) is 15.2. The third-order valence-corrected chi connectivity index (χ3v) is 2.95. The Bertz CT molecular complexity index is 488. The Kier molecular flexibility index (Phi) is 3.77. The maximum Gasteiger partial charge on any atom is 0.328 e. The topological polar surface area (TPSA) is 57.6 Å². The molecule has 94 valence electrons. The molecule has 1 saturated heterocycles. The van der Waals surface area contributed by atoms with Gasteiger partial charge in [-0.2, -0.15) is 0 Å². The van der Waals surface area contributed by atoms with E-state index in [1.54, 1.807) is 24.3 Å². The number of carboxylic acids is 1. The van der Waals surface area contributed by atoms with E-state index in [0.29, 0.717) is 5.56 Å². The number of benzene rings is 1. The van der Waals surface area contributed by atoms with Crippen LogP contribution in [0.4, 0.5) is 0 Å². The number of likely N-dealkylation sites (tertiary alicyclic amines) is 1. The van der Waals surface area contributed by atoms with E-state index in [9.17, 15) is 9.59 Å². The van der Waals surface area contributed by atoms with Crippen LogP contribution in [-0.4, -0.2) is 35.0 Å². The van der Waals surface area contributed by atoms with Crippen LogP contribution in [0.3, 0.4) is 0 Å². The molecular weight excluding hydrogens is 230 g/mol. The maximum absolute atomic E-state index is 12.1. The summed E-state index contributed by atoms with van der Waals surface area (Å²) in [4.78, 5) is 24.4. The number of carboxylic acid groups (broad SMARTS) is 1. The number of carbonyl (C=O) groups is 2. The average molecular weight is 245 g/mol. The molecule has 1 amide bonds. The van der Waals surface area contributed by atoms with Gasteiger partial charge in [-0.3, -0.25) is 4.79 Å². The van der Waals surface area contributed by atoms with Crippen molar-refractivity contribution in [1.29, 1.82) is 0 Å². The summed E-state index contributed by atoms with van der Waals surface area (Å²) in [5.74, 6) is -0.968. The van der Waals surface area contributed by atoms with Crippen LogP contribution in [0.2, 0.25) is 0 Å². The Morgan fingerprint density at radius 2 is 1.94 bits per heavy atom. The van der Waals surface area contributed by atoms with Gasteiger partial charge in [-0.15, -0.1) is 0 Å². The van der Waals surface area contributed by atoms with E-state index in [4.69, 9.17) is 5.11 Å². The maximum atomic E-state index is 12.1. The van der Waals surface area contributed by atoms with Crippen molar-refractivity contribution < 1.29 is 14.7 Å². The van der Waals surface area contributed by atoms with Crippen molar-refractivity contribution in [2.75, 3.05) is 13.1 Å². The first kappa shape index (κ1) is 12.4. The van der Waals surface area contributed by atoms with Crippen molar-refractivity contribution in [2.45, 2.75) is 12.8 Å². The molecule has 1 aromatic carbocycles. The van der Waals surface area contributed by atoms with Crippen molar-refractivity contribution in [3.63, 3.8) is 0 Å². The zero-order valence-corrected chi connectivity index (χ0v) is 10.0. The highest BCUT2D eigenvalue weighted by atomic mass is 16.4. The van der Waals surface area contributed by atoms with Gasteiger partial charge in [-0.25, -0.2) is 4.79 Å². The number of aliphatic carboxylic acids is 1. The van der Waals surface area contributed by atoms with E-state index in [-0.39, 0.29) is 5.91 Å². The molecule has 0 aromatic heterocycles. The minimum absolute atomic E-state index is 0.0260. The Hall–Kier alpha value is -2.10. The summed E-state index contributed by atoms with van der Waals surface area (Å²) < 4.78 is 0. The summed E-state index contributed by atoms with van der Waals surface area (Å²) >= 11 is 0. The molecule has 0 unspecified atom stereocenters. The lowest BCUT2D eigenvalue weighted by Crippen LogP contribution is -2.27. The first-order valence-corrected chi connectivity index (χ1v) is 5.97. The van der Waals surface area contributed by atoms with Gasteiger partial charge < -0.3 is 10.0 Å². The van der Waals surface area contributed by atoms with Gasteiger partial charge in [0.2, 0.25) is 0 Å². The van der Waals surface area contributed by atoms with Crippen LogP contribution in [0, 0.1) is 0 Å². The number of nitrogens with zero attached hydrogens (tertiary/aromatic N) is 1. The molecule has 2 rings (SSSR count). The summed E-state index contributed by atoms with van der Waals surface area (Å²) in [6, 6.07) is 7.03. The summed E-state index contributed by atoms with van der Waals surface area (Å²) in [6.45, 7) is 1.63. The molecule has 1 aliphatic heterocycles. The largest absolute Gasteiger partial charge is 0.478 e. The molecule has 1 fully saturated rings. The van der Waals surface area contributed by atoms with E-state index < -0.39 is 5.97 Å². The minimum atomic E-state index is -0.994. The summed E-state index contributed by atoms with van der Waals surface area (Å²) in [7, 11) is 0. The van der Waals surface area contributed by atoms with Crippen molar-refractivity contribution in [2.24, 2.45) is 0 Å². The monoisotopic (exact) mass is 245 g/mol. The second-order valence-electron chi connectivity index (χ2n) is 4.30. The number of rotatable bonds is 3. The second kappa shape index (κ2) is 5.49. The highest BCUT2D eigenvalue weighted by Crippen LogP contribution is 2.14. The SMILES string of the molecule is O=C(O)C=Cc1cccc(C(=O)N2CCCC2)c1. The quantitative estimate of drug-likeness (QED) is 0.829. The summed E-state index contributed by atoms with van der Waals surface area (Å²) in [5.41, 5.74) is 1.34. The van der Waals surface area contributed by atoms with Gasteiger partial charge in [-0.1, -0.05) is 12.1 Å². The van der Waals surface area contributed by atoms with Crippen LogP contribution in [0.5, 0.6) is 0 Å². The van der Waals surface area contributed by atoms with Gasteiger partial charge in [0.05, 0.1) is 0 Å². The van der Waals surface area contributed by atoms with Crippen LogP contribution in [0.25, 0.3) is 6.08 Å². The lowest BCUT2D eigenvalue weighted by molar-refractivity contribution is -0.131. The number of carbonyl (C=O) groups excluding carboxylic acids is 1. The van der Waals surface area contributed by atoms with Gasteiger partial charge in [0.25, 0.3) is 5.91 Å². The van der Waals surface area contributed by atoms with Crippen LogP contribution >= 0.6 is 0 Å². The molecule has 1 aliphatic rings. The fraction of sp³-hybridized carbons (Fsp3) is 0.286. The standard InChI is InChI=1S/C14H15NO3/c16-13(17)7-6-11-4-3-5-12(10-11)14(18)15-8-1-2-9-15/h3-7,10H,1-2,8-9H2,(H,16,17). The van der Waals surface area contributed by atoms with Gasteiger partial charge in [0.1, 0.15) is 0 Å². The highest BCUT2D eigenvalue weighted by molar-refractivity contribution is 5.95. The molecule has 1 heterocycles. The molecule has 0 bridgehead atoms. The summed E-state index contributed by atoms with van der Waals surface area (Å²) in [6.07, 6.45) is 4.68. The Morgan fingerprint density at radius 3 is 2.61 bits per heavy atom. The predicted molar refractivity (Wildman–Crippen MR) is 68.2 cm³/mol. The smallest absolute Gasteiger partial charge is 0.328 e. The molecule has 4 nitrogen and oxygen atoms in total. The molecule has 0 spiro atoms. The molecular formula is C14H15NO3. The molecule has 0 atom stereocenters. The van der Waals surface area contributed by atoms with Gasteiger partial charge >= 0.3 is 5.97 Å². The first-order chi connectivity index (χ1) is 8.66. The molecule has 4 heteroatoms. The van der Waals surface area contributed by atoms with Crippen LogP contribution < -0.4 is 0 Å². The van der Waals surface area contributed by atoms with E-state index in [0.717, 1.165) is 37.6 Å². The van der Waals surface area contributed by atoms with E-state index >= 15 is 0 Å². The predicted octanol–water partition coefficient (Wildman–Crippen LogP) is 2.02. The number of hydrogen-bond acceptors (Lipinski definition) is 2. The molecule has 0 aliphatic carbocycles. The van der Waals surface area contributed by atoms with Crippen molar-refractivity contribution >= 4 is 18.0 Å². The lowest BCUT2D eigenvalue weighted by atomic mass is 10.1. The molecule has 18 heavy (non-hydrogen) atoms. The summed E-state index contributed by atoms with van der Waals surface area (Å²) in [5, 5.41) is 8.56. The minimum Gasteiger partial charge on any atom is -0.478 e. The van der Waals surface area contributed by atoms with Crippen LogP contribution in [0.15, 0.2) is 30.3 Å². The third kappa shape index (κ3) is 2.97. The Labute approximate surface area is 106 Å². The Balaban J connectivity index is 2.16. The average Bonchev–Trinajstić information content (AvgIpc) is 2.89. The zero-order valence-electron chi connectivity index (χ0n) is 10.0. The van der Waals surface area contributed by atoms with Crippen molar-refractivity contribution in [1.82, 2.24) is 4.90 Å². The molecule has 1 N–H and O–H groups in total. The fourth-order valence-electron chi connectivity index (χ4n) is 2.05. The van der Waals surface area contributed by atoms with E-state index in [1.165, 1.54) is 6.08 Å². The van der Waals surface area contributed by atoms with Gasteiger partial charge in [0, 0.05) is 24.7 Å². The first-order valence-electron chi connectivity index (χ1n) is 5.97. The molecule has 1 aromatic rings. The van der Waals surface area contributed by atoms with Gasteiger partial charge in [-0.05, 0) is 36.6 Å². The number of amides is 1. The fourth-order valence-corrected chi connectivity index (χ4v) is 2.05. The van der Waals surface area contributed by atoms with Crippen molar-refractivity contribution in [3.05, 3.63) is 41.5 Å². The lowest BCUT2D eigenvalue weighted by Gasteiger charge is -2.15. The number of hydrogen-bond donors (Lipinski definition) is 1. The van der Waals surface area contributed by atoms with Crippen LogP contribution in [0.1, 0.15) is 28.8 Å². The highest BCUT2D eigenvalue weighted by Gasteiger charge is 2.19. The molecule has 0 saturated carbocycles. The third-order valence-electron chi connectivity index (χ3n) is 2.95. The second-order valence-corrected chi connectivity index (χ2v) is 4.30. The zero-order chi connectivity index (χ0) is 13.0. The Morgan fingerprint density at radius 1 is 1.22 bits per heavy atom. The van der Waals surface area contributed by atoms with Crippen LogP contribution in [-0.2, 0) is 4.79 Å². The van der Waals surface area contributed by atoms with Gasteiger partial charge in [0.15, 0.2) is 0 Å². The molecule has 0 radical (unpaired) electrons. The van der Waals surface area contributed by atoms with E-state index in [1.807, 2.05) is 4.90 Å². The van der Waals surface area contributed by atoms with Crippen molar-refractivity contribution in [3.8, 4) is 0 Å². The van der Waals surface area contributed by atoms with E-state index in [2.05, 4.69) is 0 Å².